The van der Waals surface area contributed by atoms with Crippen molar-refractivity contribution in [3.05, 3.63) is 0 Å². The van der Waals surface area contributed by atoms with Crippen molar-refractivity contribution in [2.45, 2.75) is 45.1 Å². The molecule has 1 aliphatic carbocycles. The molecule has 2 unspecified atom stereocenters. The third kappa shape index (κ3) is 3.29. The van der Waals surface area contributed by atoms with Gasteiger partial charge in [-0.1, -0.05) is 6.92 Å². The predicted octanol–water partition coefficient (Wildman–Crippen LogP) is 1.77. The van der Waals surface area contributed by atoms with Crippen LogP contribution in [0.1, 0.15) is 39.0 Å². The molecule has 3 heteroatoms. The lowest BCUT2D eigenvalue weighted by molar-refractivity contribution is -0.120. The Balaban J connectivity index is 1.74. The van der Waals surface area contributed by atoms with Crippen molar-refractivity contribution in [2.75, 3.05) is 33.2 Å². The largest absolute Gasteiger partial charge is 0.301 e. The molecule has 2 fully saturated rings. The molecule has 0 N–H and O–H groups in total. The summed E-state index contributed by atoms with van der Waals surface area (Å²) in [6.07, 6.45) is 5.44. The van der Waals surface area contributed by atoms with Crippen molar-refractivity contribution in [2.24, 2.45) is 5.92 Å². The van der Waals surface area contributed by atoms with Crippen LogP contribution >= 0.6 is 0 Å². The summed E-state index contributed by atoms with van der Waals surface area (Å²) in [4.78, 5) is 16.6. The van der Waals surface area contributed by atoms with Gasteiger partial charge in [0, 0.05) is 38.0 Å². The molecule has 0 bridgehead atoms. The van der Waals surface area contributed by atoms with E-state index in [1.54, 1.807) is 0 Å². The van der Waals surface area contributed by atoms with E-state index in [1.165, 1.54) is 26.1 Å². The first-order valence-corrected chi connectivity index (χ1v) is 7.16. The van der Waals surface area contributed by atoms with Crippen molar-refractivity contribution in [1.29, 1.82) is 0 Å². The maximum atomic E-state index is 11.6. The highest BCUT2D eigenvalue weighted by molar-refractivity contribution is 5.82. The zero-order valence-corrected chi connectivity index (χ0v) is 11.3. The van der Waals surface area contributed by atoms with Crippen molar-refractivity contribution < 1.29 is 4.79 Å². The number of nitrogens with zero attached hydrogens (tertiary/aromatic N) is 2. The Kier molecular flexibility index (Phi) is 4.57. The molecule has 0 aromatic heterocycles. The van der Waals surface area contributed by atoms with Gasteiger partial charge in [-0.3, -0.25) is 4.79 Å². The molecule has 0 aromatic rings. The van der Waals surface area contributed by atoms with E-state index in [1.807, 2.05) is 0 Å². The molecule has 1 aliphatic heterocycles. The Labute approximate surface area is 105 Å². The van der Waals surface area contributed by atoms with Gasteiger partial charge in [-0.2, -0.15) is 0 Å². The summed E-state index contributed by atoms with van der Waals surface area (Å²) in [5.74, 6) is 0.904. The van der Waals surface area contributed by atoms with Crippen molar-refractivity contribution in [3.63, 3.8) is 0 Å². The first-order valence-electron chi connectivity index (χ1n) is 7.16. The van der Waals surface area contributed by atoms with Gasteiger partial charge in [-0.25, -0.2) is 0 Å². The minimum Gasteiger partial charge on any atom is -0.301 e. The molecule has 17 heavy (non-hydrogen) atoms. The number of rotatable bonds is 4. The second-order valence-electron chi connectivity index (χ2n) is 5.69. The summed E-state index contributed by atoms with van der Waals surface area (Å²) < 4.78 is 0. The molecule has 2 atom stereocenters. The number of Topliss-reactive ketones (excluding diaryl/α,β-unsaturated/α-hetero) is 1. The van der Waals surface area contributed by atoms with Crippen LogP contribution in [0.25, 0.3) is 0 Å². The molecule has 0 amide bonds. The van der Waals surface area contributed by atoms with Gasteiger partial charge in [0.05, 0.1) is 0 Å². The van der Waals surface area contributed by atoms with Gasteiger partial charge >= 0.3 is 0 Å². The highest BCUT2D eigenvalue weighted by atomic mass is 16.1. The smallest absolute Gasteiger partial charge is 0.136 e. The van der Waals surface area contributed by atoms with Crippen LogP contribution in [-0.4, -0.2) is 54.9 Å². The number of carbonyl (C=O) groups excluding carboxylic acids is 1. The van der Waals surface area contributed by atoms with Crippen molar-refractivity contribution in [1.82, 2.24) is 9.80 Å². The summed E-state index contributed by atoms with van der Waals surface area (Å²) in [6.45, 7) is 6.94. The molecule has 98 valence electrons. The fourth-order valence-corrected chi connectivity index (χ4v) is 3.19. The molecular weight excluding hydrogens is 212 g/mol. The maximum absolute atomic E-state index is 11.6. The molecular formula is C14H26N2O. The minimum absolute atomic E-state index is 0.384. The predicted molar refractivity (Wildman–Crippen MR) is 70.1 cm³/mol. The molecule has 1 heterocycles. The van der Waals surface area contributed by atoms with Gasteiger partial charge in [0.15, 0.2) is 0 Å². The van der Waals surface area contributed by atoms with E-state index >= 15 is 0 Å². The standard InChI is InChI=1S/C14H26N2O/c1-3-13-11-16(10-9-15(13)2)8-7-12-5-4-6-14(12)17/h12-13H,3-11H2,1-2H3. The lowest BCUT2D eigenvalue weighted by atomic mass is 10.0. The van der Waals surface area contributed by atoms with Gasteiger partial charge in [-0.15, -0.1) is 0 Å². The molecule has 2 aliphatic rings. The van der Waals surface area contributed by atoms with E-state index in [0.717, 1.165) is 32.2 Å². The Hall–Kier alpha value is -0.410. The van der Waals surface area contributed by atoms with Crippen LogP contribution in [0.4, 0.5) is 0 Å². The van der Waals surface area contributed by atoms with Crippen LogP contribution in [0.5, 0.6) is 0 Å². The second kappa shape index (κ2) is 5.96. The lowest BCUT2D eigenvalue weighted by Crippen LogP contribution is -2.51. The van der Waals surface area contributed by atoms with Crippen LogP contribution in [-0.2, 0) is 4.79 Å². The summed E-state index contributed by atoms with van der Waals surface area (Å²) in [6, 6.07) is 0.711. The van der Waals surface area contributed by atoms with Gasteiger partial charge in [0.1, 0.15) is 5.78 Å². The fraction of sp³-hybridized carbons (Fsp3) is 0.929. The fourth-order valence-electron chi connectivity index (χ4n) is 3.19. The Morgan fingerprint density at radius 2 is 2.18 bits per heavy atom. The second-order valence-corrected chi connectivity index (χ2v) is 5.69. The average Bonchev–Trinajstić information content (AvgIpc) is 2.74. The van der Waals surface area contributed by atoms with E-state index in [0.29, 0.717) is 17.7 Å². The quantitative estimate of drug-likeness (QED) is 0.746. The number of hydrogen-bond donors (Lipinski definition) is 0. The maximum Gasteiger partial charge on any atom is 0.136 e. The first kappa shape index (κ1) is 13.0. The summed E-state index contributed by atoms with van der Waals surface area (Å²) >= 11 is 0. The van der Waals surface area contributed by atoms with E-state index in [2.05, 4.69) is 23.8 Å². The number of carbonyl (C=O) groups is 1. The number of piperazine rings is 1. The van der Waals surface area contributed by atoms with E-state index in [4.69, 9.17) is 0 Å². The molecule has 3 nitrogen and oxygen atoms in total. The van der Waals surface area contributed by atoms with Crippen LogP contribution in [0, 0.1) is 5.92 Å². The van der Waals surface area contributed by atoms with Gasteiger partial charge in [0.2, 0.25) is 0 Å². The number of hydrogen-bond acceptors (Lipinski definition) is 3. The monoisotopic (exact) mass is 238 g/mol. The average molecular weight is 238 g/mol. The molecule has 0 spiro atoms. The first-order chi connectivity index (χ1) is 8.20. The molecule has 0 aromatic carbocycles. The Morgan fingerprint density at radius 3 is 2.82 bits per heavy atom. The summed E-state index contributed by atoms with van der Waals surface area (Å²) in [7, 11) is 2.23. The SMILES string of the molecule is CCC1CN(CCC2CCCC2=O)CCN1C. The number of likely N-dealkylation sites (N-methyl/N-ethyl adjacent to an activating group) is 1. The highest BCUT2D eigenvalue weighted by Crippen LogP contribution is 2.24. The lowest BCUT2D eigenvalue weighted by Gasteiger charge is -2.39. The zero-order valence-electron chi connectivity index (χ0n) is 11.3. The highest BCUT2D eigenvalue weighted by Gasteiger charge is 2.27. The molecule has 1 saturated carbocycles. The Morgan fingerprint density at radius 1 is 1.35 bits per heavy atom. The molecule has 2 rings (SSSR count). The summed E-state index contributed by atoms with van der Waals surface area (Å²) in [5, 5.41) is 0. The van der Waals surface area contributed by atoms with Crippen molar-refractivity contribution in [3.8, 4) is 0 Å². The number of ketones is 1. The summed E-state index contributed by atoms with van der Waals surface area (Å²) in [5.41, 5.74) is 0. The van der Waals surface area contributed by atoms with Crippen LogP contribution < -0.4 is 0 Å². The van der Waals surface area contributed by atoms with E-state index < -0.39 is 0 Å². The third-order valence-corrected chi connectivity index (χ3v) is 4.56. The topological polar surface area (TPSA) is 23.6 Å². The van der Waals surface area contributed by atoms with E-state index in [-0.39, 0.29) is 0 Å². The van der Waals surface area contributed by atoms with Crippen LogP contribution in [0.15, 0.2) is 0 Å². The van der Waals surface area contributed by atoms with Gasteiger partial charge in [0.25, 0.3) is 0 Å². The third-order valence-electron chi connectivity index (χ3n) is 4.56. The van der Waals surface area contributed by atoms with E-state index in [9.17, 15) is 4.79 Å². The van der Waals surface area contributed by atoms with Gasteiger partial charge < -0.3 is 9.80 Å². The van der Waals surface area contributed by atoms with Crippen molar-refractivity contribution >= 4 is 5.78 Å². The van der Waals surface area contributed by atoms with Crippen LogP contribution in [0.2, 0.25) is 0 Å². The van der Waals surface area contributed by atoms with Crippen LogP contribution in [0.3, 0.4) is 0 Å². The molecule has 1 saturated heterocycles. The molecule has 0 radical (unpaired) electrons. The Bertz CT molecular complexity index is 267. The minimum atomic E-state index is 0.384. The van der Waals surface area contributed by atoms with Gasteiger partial charge in [-0.05, 0) is 39.3 Å². The normalized spacial score (nSPS) is 32.2. The zero-order chi connectivity index (χ0) is 12.3.